The van der Waals surface area contributed by atoms with Gasteiger partial charge in [0.05, 0.1) is 0 Å². The van der Waals surface area contributed by atoms with Crippen LogP contribution in [0, 0.1) is 0 Å². The summed E-state index contributed by atoms with van der Waals surface area (Å²) in [5.74, 6) is 0.229. The summed E-state index contributed by atoms with van der Waals surface area (Å²) in [6, 6.07) is 0.788. The van der Waals surface area contributed by atoms with Crippen LogP contribution in [-0.2, 0) is 9.53 Å². The molecule has 2 saturated heterocycles. The molecule has 0 unspecified atom stereocenters. The minimum atomic E-state index is -0.145. The SMILES string of the molecule is C[C@H]1CCC[C@H](C)N1C(=O)[C@@H]1CCCO1. The number of nitrogens with zero attached hydrogens (tertiary/aromatic N) is 1. The standard InChI is InChI=1S/C12H21NO2/c1-9-5-3-6-10(2)13(9)12(14)11-7-4-8-15-11/h9-11H,3-8H2,1-2H3/t9-,10-,11-/m0/s1. The van der Waals surface area contributed by atoms with Crippen molar-refractivity contribution >= 4 is 5.91 Å². The van der Waals surface area contributed by atoms with Gasteiger partial charge in [0, 0.05) is 18.7 Å². The topological polar surface area (TPSA) is 29.5 Å². The zero-order valence-corrected chi connectivity index (χ0v) is 9.74. The predicted molar refractivity (Wildman–Crippen MR) is 58.6 cm³/mol. The highest BCUT2D eigenvalue weighted by Crippen LogP contribution is 2.25. The summed E-state index contributed by atoms with van der Waals surface area (Å²) in [6.45, 7) is 5.07. The highest BCUT2D eigenvalue weighted by Gasteiger charge is 2.35. The summed E-state index contributed by atoms with van der Waals surface area (Å²) in [5.41, 5.74) is 0. The van der Waals surface area contributed by atoms with Crippen LogP contribution in [0.3, 0.4) is 0 Å². The Morgan fingerprint density at radius 1 is 1.13 bits per heavy atom. The lowest BCUT2D eigenvalue weighted by atomic mass is 9.96. The van der Waals surface area contributed by atoms with E-state index in [1.165, 1.54) is 6.42 Å². The third kappa shape index (κ3) is 2.17. The number of piperidine rings is 1. The average molecular weight is 211 g/mol. The van der Waals surface area contributed by atoms with Gasteiger partial charge >= 0.3 is 0 Å². The summed E-state index contributed by atoms with van der Waals surface area (Å²) >= 11 is 0. The van der Waals surface area contributed by atoms with E-state index < -0.39 is 0 Å². The third-order valence-electron chi connectivity index (χ3n) is 3.65. The summed E-state index contributed by atoms with van der Waals surface area (Å²) in [7, 11) is 0. The van der Waals surface area contributed by atoms with Crippen molar-refractivity contribution in [3.63, 3.8) is 0 Å². The smallest absolute Gasteiger partial charge is 0.252 e. The summed E-state index contributed by atoms with van der Waals surface area (Å²) in [4.78, 5) is 14.3. The molecule has 0 aromatic rings. The molecule has 0 spiro atoms. The maximum atomic E-state index is 12.2. The van der Waals surface area contributed by atoms with Crippen LogP contribution in [0.15, 0.2) is 0 Å². The van der Waals surface area contributed by atoms with E-state index in [1.54, 1.807) is 0 Å². The van der Waals surface area contributed by atoms with Crippen molar-refractivity contribution in [2.75, 3.05) is 6.61 Å². The quantitative estimate of drug-likeness (QED) is 0.663. The molecule has 0 N–H and O–H groups in total. The molecule has 2 fully saturated rings. The molecule has 3 atom stereocenters. The molecule has 86 valence electrons. The van der Waals surface area contributed by atoms with Crippen LogP contribution in [0.4, 0.5) is 0 Å². The van der Waals surface area contributed by atoms with Crippen molar-refractivity contribution in [1.29, 1.82) is 0 Å². The minimum Gasteiger partial charge on any atom is -0.368 e. The first-order valence-electron chi connectivity index (χ1n) is 6.14. The van der Waals surface area contributed by atoms with Crippen molar-refractivity contribution in [3.05, 3.63) is 0 Å². The first-order valence-corrected chi connectivity index (χ1v) is 6.14. The molecule has 3 heteroatoms. The Labute approximate surface area is 91.8 Å². The first kappa shape index (κ1) is 10.9. The number of likely N-dealkylation sites (tertiary alicyclic amines) is 1. The van der Waals surface area contributed by atoms with E-state index in [2.05, 4.69) is 18.7 Å². The van der Waals surface area contributed by atoms with Gasteiger partial charge in [-0.25, -0.2) is 0 Å². The Morgan fingerprint density at radius 2 is 1.80 bits per heavy atom. The van der Waals surface area contributed by atoms with E-state index >= 15 is 0 Å². The molecule has 0 radical (unpaired) electrons. The Kier molecular flexibility index (Phi) is 3.29. The summed E-state index contributed by atoms with van der Waals surface area (Å²) in [5, 5.41) is 0. The van der Waals surface area contributed by atoms with Gasteiger partial charge in [0.1, 0.15) is 6.10 Å². The molecule has 2 heterocycles. The maximum absolute atomic E-state index is 12.2. The number of carbonyl (C=O) groups excluding carboxylic acids is 1. The van der Waals surface area contributed by atoms with E-state index in [1.807, 2.05) is 0 Å². The monoisotopic (exact) mass is 211 g/mol. The fourth-order valence-electron chi connectivity index (χ4n) is 2.79. The van der Waals surface area contributed by atoms with Crippen LogP contribution in [0.25, 0.3) is 0 Å². The van der Waals surface area contributed by atoms with Crippen molar-refractivity contribution in [2.24, 2.45) is 0 Å². The molecule has 0 bridgehead atoms. The molecule has 1 amide bonds. The molecule has 2 rings (SSSR count). The lowest BCUT2D eigenvalue weighted by Crippen LogP contribution is -2.51. The second kappa shape index (κ2) is 4.52. The van der Waals surface area contributed by atoms with E-state index in [4.69, 9.17) is 4.74 Å². The number of amides is 1. The van der Waals surface area contributed by atoms with Gasteiger partial charge in [0.2, 0.25) is 0 Å². The Bertz CT molecular complexity index is 226. The fraction of sp³-hybridized carbons (Fsp3) is 0.917. The average Bonchev–Trinajstić information content (AvgIpc) is 2.69. The Morgan fingerprint density at radius 3 is 2.33 bits per heavy atom. The van der Waals surface area contributed by atoms with Crippen LogP contribution in [0.1, 0.15) is 46.0 Å². The van der Waals surface area contributed by atoms with Gasteiger partial charge in [-0.2, -0.15) is 0 Å². The second-order valence-electron chi connectivity index (χ2n) is 4.88. The van der Waals surface area contributed by atoms with Gasteiger partial charge < -0.3 is 9.64 Å². The van der Waals surface area contributed by atoms with Gasteiger partial charge in [-0.05, 0) is 46.0 Å². The summed E-state index contributed by atoms with van der Waals surface area (Å²) in [6.07, 6.45) is 5.33. The lowest BCUT2D eigenvalue weighted by molar-refractivity contribution is -0.147. The zero-order valence-electron chi connectivity index (χ0n) is 9.74. The normalized spacial score (nSPS) is 36.9. The van der Waals surface area contributed by atoms with E-state index in [0.717, 1.165) is 32.3 Å². The predicted octanol–water partition coefficient (Wildman–Crippen LogP) is 1.95. The zero-order chi connectivity index (χ0) is 10.8. The van der Waals surface area contributed by atoms with Gasteiger partial charge in [-0.1, -0.05) is 0 Å². The van der Waals surface area contributed by atoms with E-state index in [9.17, 15) is 4.79 Å². The van der Waals surface area contributed by atoms with Crippen LogP contribution in [-0.4, -0.2) is 35.6 Å². The third-order valence-corrected chi connectivity index (χ3v) is 3.65. The highest BCUT2D eigenvalue weighted by molar-refractivity contribution is 5.81. The largest absolute Gasteiger partial charge is 0.368 e. The molecule has 2 aliphatic heterocycles. The number of ether oxygens (including phenoxy) is 1. The Hall–Kier alpha value is -0.570. The van der Waals surface area contributed by atoms with Gasteiger partial charge in [-0.3, -0.25) is 4.79 Å². The highest BCUT2D eigenvalue weighted by atomic mass is 16.5. The summed E-state index contributed by atoms with van der Waals surface area (Å²) < 4.78 is 5.47. The van der Waals surface area contributed by atoms with Gasteiger partial charge in [0.15, 0.2) is 0 Å². The lowest BCUT2D eigenvalue weighted by Gasteiger charge is -2.40. The van der Waals surface area contributed by atoms with Crippen molar-refractivity contribution < 1.29 is 9.53 Å². The molecular formula is C12H21NO2. The van der Waals surface area contributed by atoms with Crippen LogP contribution in [0.2, 0.25) is 0 Å². The van der Waals surface area contributed by atoms with Crippen LogP contribution >= 0.6 is 0 Å². The molecule has 0 aromatic carbocycles. The number of carbonyl (C=O) groups is 1. The minimum absolute atomic E-state index is 0.145. The molecule has 15 heavy (non-hydrogen) atoms. The molecule has 3 nitrogen and oxygen atoms in total. The fourth-order valence-corrected chi connectivity index (χ4v) is 2.79. The van der Waals surface area contributed by atoms with Crippen molar-refractivity contribution in [3.8, 4) is 0 Å². The first-order chi connectivity index (χ1) is 7.20. The number of hydrogen-bond acceptors (Lipinski definition) is 2. The molecular weight excluding hydrogens is 190 g/mol. The van der Waals surface area contributed by atoms with E-state index in [-0.39, 0.29) is 12.0 Å². The van der Waals surface area contributed by atoms with Crippen LogP contribution in [0.5, 0.6) is 0 Å². The van der Waals surface area contributed by atoms with E-state index in [0.29, 0.717) is 12.1 Å². The van der Waals surface area contributed by atoms with Crippen LogP contribution < -0.4 is 0 Å². The number of hydrogen-bond donors (Lipinski definition) is 0. The van der Waals surface area contributed by atoms with Crippen molar-refractivity contribution in [1.82, 2.24) is 4.90 Å². The van der Waals surface area contributed by atoms with Gasteiger partial charge in [0.25, 0.3) is 5.91 Å². The molecule has 2 aliphatic rings. The van der Waals surface area contributed by atoms with Gasteiger partial charge in [-0.15, -0.1) is 0 Å². The Balaban J connectivity index is 2.02. The molecule has 0 saturated carbocycles. The maximum Gasteiger partial charge on any atom is 0.252 e. The molecule has 0 aromatic heterocycles. The second-order valence-corrected chi connectivity index (χ2v) is 4.88. The number of rotatable bonds is 1. The molecule has 0 aliphatic carbocycles. The van der Waals surface area contributed by atoms with Crippen molar-refractivity contribution in [2.45, 2.75) is 64.1 Å².